The number of aromatic nitrogens is 1. The molecule has 2 aromatic heterocycles. The van der Waals surface area contributed by atoms with Gasteiger partial charge in [0, 0.05) is 29.4 Å². The van der Waals surface area contributed by atoms with Crippen molar-refractivity contribution in [2.45, 2.75) is 32.4 Å². The third-order valence-corrected chi connectivity index (χ3v) is 3.73. The number of nitrogens with zero attached hydrogens (tertiary/aromatic N) is 1. The van der Waals surface area contributed by atoms with Crippen molar-refractivity contribution in [2.24, 2.45) is 0 Å². The lowest BCUT2D eigenvalue weighted by molar-refractivity contribution is 0.479. The predicted octanol–water partition coefficient (Wildman–Crippen LogP) is 3.42. The second kappa shape index (κ2) is 5.94. The maximum Gasteiger partial charge on any atom is 0.0295 e. The van der Waals surface area contributed by atoms with E-state index in [1.165, 1.54) is 10.4 Å². The molecule has 0 aliphatic heterocycles. The Bertz CT molecular complexity index is 425. The number of nitrogens with one attached hydrogen (secondary N) is 1. The monoisotopic (exact) mass is 246 g/mol. The van der Waals surface area contributed by atoms with Crippen LogP contribution in [0.1, 0.15) is 30.3 Å². The standard InChI is InChI=1S/C14H18N2S/c1-11(10-14-4-3-9-17-14)16-12(2)13-5-7-15-8-6-13/h3-9,11-12,16H,10H2,1-2H3. The van der Waals surface area contributed by atoms with Crippen molar-refractivity contribution in [2.75, 3.05) is 0 Å². The van der Waals surface area contributed by atoms with Crippen LogP contribution < -0.4 is 5.32 Å². The minimum atomic E-state index is 0.368. The van der Waals surface area contributed by atoms with Crippen molar-refractivity contribution >= 4 is 11.3 Å². The Morgan fingerprint density at radius 1 is 1.24 bits per heavy atom. The molecule has 0 fully saturated rings. The second-order valence-electron chi connectivity index (χ2n) is 4.35. The quantitative estimate of drug-likeness (QED) is 0.874. The van der Waals surface area contributed by atoms with Crippen molar-refractivity contribution in [3.8, 4) is 0 Å². The molecule has 0 aliphatic rings. The molecule has 0 aliphatic carbocycles. The van der Waals surface area contributed by atoms with Crippen LogP contribution in [0.3, 0.4) is 0 Å². The fraction of sp³-hybridized carbons (Fsp3) is 0.357. The average molecular weight is 246 g/mol. The van der Waals surface area contributed by atoms with Gasteiger partial charge >= 0.3 is 0 Å². The molecule has 3 heteroatoms. The van der Waals surface area contributed by atoms with E-state index in [9.17, 15) is 0 Å². The summed E-state index contributed by atoms with van der Waals surface area (Å²) in [6.07, 6.45) is 4.78. The van der Waals surface area contributed by atoms with Gasteiger partial charge in [-0.05, 0) is 49.4 Å². The number of hydrogen-bond acceptors (Lipinski definition) is 3. The number of hydrogen-bond donors (Lipinski definition) is 1. The zero-order valence-electron chi connectivity index (χ0n) is 10.3. The lowest BCUT2D eigenvalue weighted by atomic mass is 10.1. The summed E-state index contributed by atoms with van der Waals surface area (Å²) in [6, 6.07) is 9.29. The fourth-order valence-corrected chi connectivity index (χ4v) is 2.80. The minimum absolute atomic E-state index is 0.368. The zero-order chi connectivity index (χ0) is 12.1. The predicted molar refractivity (Wildman–Crippen MR) is 73.3 cm³/mol. The van der Waals surface area contributed by atoms with Gasteiger partial charge in [0.05, 0.1) is 0 Å². The number of rotatable bonds is 5. The van der Waals surface area contributed by atoms with Gasteiger partial charge in [-0.15, -0.1) is 11.3 Å². The molecule has 0 saturated carbocycles. The van der Waals surface area contributed by atoms with E-state index < -0.39 is 0 Å². The Morgan fingerprint density at radius 2 is 2.00 bits per heavy atom. The first kappa shape index (κ1) is 12.3. The Morgan fingerprint density at radius 3 is 2.65 bits per heavy atom. The zero-order valence-corrected chi connectivity index (χ0v) is 11.1. The van der Waals surface area contributed by atoms with Gasteiger partial charge in [-0.1, -0.05) is 6.07 Å². The van der Waals surface area contributed by atoms with Gasteiger partial charge in [0.15, 0.2) is 0 Å². The average Bonchev–Trinajstić information content (AvgIpc) is 2.82. The molecule has 0 radical (unpaired) electrons. The van der Waals surface area contributed by atoms with Crippen molar-refractivity contribution in [1.82, 2.24) is 10.3 Å². The van der Waals surface area contributed by atoms with Gasteiger partial charge in [0.1, 0.15) is 0 Å². The van der Waals surface area contributed by atoms with Crippen LogP contribution >= 0.6 is 11.3 Å². The molecule has 2 nitrogen and oxygen atoms in total. The smallest absolute Gasteiger partial charge is 0.0295 e. The largest absolute Gasteiger partial charge is 0.307 e. The molecule has 1 N–H and O–H groups in total. The van der Waals surface area contributed by atoms with Crippen LogP contribution in [-0.4, -0.2) is 11.0 Å². The first-order valence-corrected chi connectivity index (χ1v) is 6.82. The van der Waals surface area contributed by atoms with Gasteiger partial charge in [0.25, 0.3) is 0 Å². The highest BCUT2D eigenvalue weighted by atomic mass is 32.1. The van der Waals surface area contributed by atoms with Gasteiger partial charge in [-0.25, -0.2) is 0 Å². The lowest BCUT2D eigenvalue weighted by Crippen LogP contribution is -2.30. The van der Waals surface area contributed by atoms with Crippen LogP contribution in [0.5, 0.6) is 0 Å². The molecule has 0 saturated heterocycles. The molecule has 2 aromatic rings. The normalized spacial score (nSPS) is 14.5. The molecule has 0 bridgehead atoms. The van der Waals surface area contributed by atoms with E-state index in [4.69, 9.17) is 0 Å². The summed E-state index contributed by atoms with van der Waals surface area (Å²) in [5.41, 5.74) is 1.29. The van der Waals surface area contributed by atoms with Crippen LogP contribution in [0.2, 0.25) is 0 Å². The summed E-state index contributed by atoms with van der Waals surface area (Å²) >= 11 is 1.82. The van der Waals surface area contributed by atoms with Gasteiger partial charge < -0.3 is 5.32 Å². The van der Waals surface area contributed by atoms with Gasteiger partial charge in [-0.3, -0.25) is 4.98 Å². The Kier molecular flexibility index (Phi) is 4.29. The number of pyridine rings is 1. The molecule has 0 amide bonds. The Hall–Kier alpha value is -1.19. The summed E-state index contributed by atoms with van der Waals surface area (Å²) < 4.78 is 0. The van der Waals surface area contributed by atoms with Crippen LogP contribution in [0.4, 0.5) is 0 Å². The maximum absolute atomic E-state index is 4.04. The lowest BCUT2D eigenvalue weighted by Gasteiger charge is -2.19. The summed E-state index contributed by atoms with van der Waals surface area (Å²) in [5.74, 6) is 0. The maximum atomic E-state index is 4.04. The van der Waals surface area contributed by atoms with Gasteiger partial charge in [-0.2, -0.15) is 0 Å². The van der Waals surface area contributed by atoms with Crippen molar-refractivity contribution < 1.29 is 0 Å². The van der Waals surface area contributed by atoms with E-state index in [-0.39, 0.29) is 0 Å². The summed E-state index contributed by atoms with van der Waals surface area (Å²) in [4.78, 5) is 5.48. The molecule has 0 aromatic carbocycles. The van der Waals surface area contributed by atoms with E-state index in [0.717, 1.165) is 6.42 Å². The molecular formula is C14H18N2S. The van der Waals surface area contributed by atoms with Gasteiger partial charge in [0.2, 0.25) is 0 Å². The van der Waals surface area contributed by atoms with E-state index in [0.29, 0.717) is 12.1 Å². The third kappa shape index (κ3) is 3.65. The molecule has 17 heavy (non-hydrogen) atoms. The molecular weight excluding hydrogens is 228 g/mol. The molecule has 90 valence electrons. The highest BCUT2D eigenvalue weighted by Gasteiger charge is 2.09. The summed E-state index contributed by atoms with van der Waals surface area (Å²) in [5, 5.41) is 5.75. The Balaban J connectivity index is 1.88. The van der Waals surface area contributed by atoms with Crippen molar-refractivity contribution in [1.29, 1.82) is 0 Å². The van der Waals surface area contributed by atoms with Crippen molar-refractivity contribution in [3.63, 3.8) is 0 Å². The highest BCUT2D eigenvalue weighted by molar-refractivity contribution is 7.09. The first-order chi connectivity index (χ1) is 8.25. The molecule has 2 heterocycles. The summed E-state index contributed by atoms with van der Waals surface area (Å²) in [6.45, 7) is 4.43. The molecule has 2 unspecified atom stereocenters. The van der Waals surface area contributed by atoms with E-state index in [1.807, 2.05) is 23.7 Å². The second-order valence-corrected chi connectivity index (χ2v) is 5.39. The van der Waals surface area contributed by atoms with E-state index >= 15 is 0 Å². The first-order valence-electron chi connectivity index (χ1n) is 5.94. The topological polar surface area (TPSA) is 24.9 Å². The SMILES string of the molecule is CC(Cc1cccs1)NC(C)c1ccncc1. The third-order valence-electron chi connectivity index (χ3n) is 2.83. The fourth-order valence-electron chi connectivity index (χ4n) is 1.96. The van der Waals surface area contributed by atoms with E-state index in [2.05, 4.69) is 53.8 Å². The van der Waals surface area contributed by atoms with E-state index in [1.54, 1.807) is 0 Å². The number of thiophene rings is 1. The van der Waals surface area contributed by atoms with Crippen LogP contribution in [-0.2, 0) is 6.42 Å². The van der Waals surface area contributed by atoms with Crippen molar-refractivity contribution in [3.05, 3.63) is 52.5 Å². The minimum Gasteiger partial charge on any atom is -0.307 e. The summed E-state index contributed by atoms with van der Waals surface area (Å²) in [7, 11) is 0. The Labute approximate surface area is 107 Å². The van der Waals surface area contributed by atoms with Crippen LogP contribution in [0, 0.1) is 0 Å². The molecule has 2 rings (SSSR count). The van der Waals surface area contributed by atoms with Crippen LogP contribution in [0.25, 0.3) is 0 Å². The molecule has 2 atom stereocenters. The molecule has 0 spiro atoms. The highest BCUT2D eigenvalue weighted by Crippen LogP contribution is 2.15. The van der Waals surface area contributed by atoms with Crippen LogP contribution in [0.15, 0.2) is 42.0 Å².